The summed E-state index contributed by atoms with van der Waals surface area (Å²) in [6, 6.07) is 0.239. The van der Waals surface area contributed by atoms with Crippen LogP contribution >= 0.6 is 0 Å². The lowest BCUT2D eigenvalue weighted by Crippen LogP contribution is -2.45. The maximum atomic E-state index is 12.2. The Morgan fingerprint density at radius 2 is 1.67 bits per heavy atom. The second kappa shape index (κ2) is 9.04. The molecule has 7 heteroatoms. The van der Waals surface area contributed by atoms with Gasteiger partial charge in [-0.15, -0.1) is 0 Å². The molecule has 1 saturated carbocycles. The summed E-state index contributed by atoms with van der Waals surface area (Å²) in [5.41, 5.74) is 0. The van der Waals surface area contributed by atoms with Crippen molar-refractivity contribution in [3.05, 3.63) is 0 Å². The van der Waals surface area contributed by atoms with E-state index in [2.05, 4.69) is 5.32 Å². The third kappa shape index (κ3) is 5.21. The zero-order chi connectivity index (χ0) is 19.4. The number of carboxylic acids is 1. The van der Waals surface area contributed by atoms with Crippen molar-refractivity contribution in [2.24, 2.45) is 11.8 Å². The molecule has 0 aromatic heterocycles. The van der Waals surface area contributed by atoms with Gasteiger partial charge in [0.15, 0.2) is 0 Å². The van der Waals surface area contributed by atoms with Crippen LogP contribution in [0.2, 0.25) is 0 Å². The molecule has 0 aromatic rings. The Labute approximate surface area is 160 Å². The van der Waals surface area contributed by atoms with Crippen LogP contribution in [0.15, 0.2) is 0 Å². The maximum Gasteiger partial charge on any atom is 0.311 e. The van der Waals surface area contributed by atoms with Crippen molar-refractivity contribution in [2.75, 3.05) is 13.6 Å². The van der Waals surface area contributed by atoms with Crippen molar-refractivity contribution in [3.8, 4) is 0 Å². The van der Waals surface area contributed by atoms with Gasteiger partial charge in [-0.3, -0.25) is 14.4 Å². The highest BCUT2D eigenvalue weighted by Gasteiger charge is 2.48. The van der Waals surface area contributed by atoms with E-state index in [9.17, 15) is 14.4 Å². The third-order valence-corrected chi connectivity index (χ3v) is 6.38. The number of amides is 2. The van der Waals surface area contributed by atoms with E-state index in [1.807, 2.05) is 0 Å². The molecule has 0 aromatic carbocycles. The minimum absolute atomic E-state index is 0.198. The van der Waals surface area contributed by atoms with Crippen LogP contribution in [0.25, 0.3) is 0 Å². The van der Waals surface area contributed by atoms with Gasteiger partial charge in [-0.1, -0.05) is 19.3 Å². The lowest BCUT2D eigenvalue weighted by Gasteiger charge is -2.28. The Morgan fingerprint density at radius 3 is 2.33 bits per heavy atom. The molecule has 152 valence electrons. The highest BCUT2D eigenvalue weighted by molar-refractivity contribution is 6.35. The number of rotatable bonds is 10. The molecule has 3 fully saturated rings. The quantitative estimate of drug-likeness (QED) is 0.446. The number of hydrogen-bond donors (Lipinski definition) is 2. The number of aliphatic carboxylic acids is 1. The summed E-state index contributed by atoms with van der Waals surface area (Å²) in [5, 5.41) is 11.5. The van der Waals surface area contributed by atoms with E-state index >= 15 is 0 Å². The summed E-state index contributed by atoms with van der Waals surface area (Å²) in [5.74, 6) is -0.948. The number of nitrogens with one attached hydrogen (secondary N) is 1. The summed E-state index contributed by atoms with van der Waals surface area (Å²) in [6.07, 6.45) is 9.64. The van der Waals surface area contributed by atoms with Gasteiger partial charge < -0.3 is 20.1 Å². The number of ether oxygens (including phenoxy) is 1. The predicted molar refractivity (Wildman–Crippen MR) is 99.0 cm³/mol. The first-order valence-corrected chi connectivity index (χ1v) is 10.4. The molecule has 0 radical (unpaired) electrons. The zero-order valence-electron chi connectivity index (χ0n) is 16.2. The van der Waals surface area contributed by atoms with Gasteiger partial charge >= 0.3 is 17.8 Å². The molecule has 7 nitrogen and oxygen atoms in total. The number of carboxylic acid groups (broad SMARTS) is 1. The topological polar surface area (TPSA) is 95.9 Å². The molecule has 2 saturated heterocycles. The van der Waals surface area contributed by atoms with Gasteiger partial charge in [0.05, 0.1) is 12.2 Å². The third-order valence-electron chi connectivity index (χ3n) is 6.38. The number of carbonyl (C=O) groups excluding carboxylic acids is 2. The van der Waals surface area contributed by atoms with E-state index in [0.717, 1.165) is 57.8 Å². The molecule has 0 spiro atoms. The molecular formula is C20H32N2O5. The fourth-order valence-corrected chi connectivity index (χ4v) is 4.64. The van der Waals surface area contributed by atoms with Crippen molar-refractivity contribution in [3.63, 3.8) is 0 Å². The second-order valence-corrected chi connectivity index (χ2v) is 8.32. The van der Waals surface area contributed by atoms with Crippen molar-refractivity contribution in [1.82, 2.24) is 10.2 Å². The van der Waals surface area contributed by atoms with Crippen LogP contribution in [-0.4, -0.2) is 59.6 Å². The molecule has 2 amide bonds. The summed E-state index contributed by atoms with van der Waals surface area (Å²) >= 11 is 0. The number of likely N-dealkylation sites (N-methyl/N-ethyl adjacent to an activating group) is 1. The summed E-state index contributed by atoms with van der Waals surface area (Å²) in [6.45, 7) is 0.508. The predicted octanol–water partition coefficient (Wildman–Crippen LogP) is 1.94. The molecule has 2 N–H and O–H groups in total. The maximum absolute atomic E-state index is 12.2. The fraction of sp³-hybridized carbons (Fsp3) is 0.850. The van der Waals surface area contributed by atoms with Crippen molar-refractivity contribution >= 4 is 17.8 Å². The molecule has 2 heterocycles. The normalized spacial score (nSPS) is 28.9. The highest BCUT2D eigenvalue weighted by Crippen LogP contribution is 2.45. The number of unbranched alkanes of at least 4 members (excludes halogenated alkanes) is 3. The standard InChI is InChI=1S/C20H32N2O5/c1-22(13-8-9-13)20(26)19(25)21-12-15-14(16-10-11-17(15)27-16)6-4-2-3-5-7-18(23)24/h13-17H,2-12H2,1H3,(H,21,25)(H,23,24). The van der Waals surface area contributed by atoms with Crippen LogP contribution in [0.4, 0.5) is 0 Å². The molecule has 4 unspecified atom stereocenters. The SMILES string of the molecule is CN(C(=O)C(=O)NCC1C2CCC(O2)C1CCCCCCC(=O)O)C1CC1. The molecule has 4 atom stereocenters. The minimum Gasteiger partial charge on any atom is -0.481 e. The highest BCUT2D eigenvalue weighted by atomic mass is 16.5. The van der Waals surface area contributed by atoms with Crippen LogP contribution in [-0.2, 0) is 19.1 Å². The van der Waals surface area contributed by atoms with Crippen LogP contribution < -0.4 is 5.32 Å². The average Bonchev–Trinajstić information content (AvgIpc) is 3.31. The Hall–Kier alpha value is -1.63. The summed E-state index contributed by atoms with van der Waals surface area (Å²) in [4.78, 5) is 36.4. The van der Waals surface area contributed by atoms with Crippen molar-refractivity contribution in [1.29, 1.82) is 0 Å². The summed E-state index contributed by atoms with van der Waals surface area (Å²) < 4.78 is 6.07. The van der Waals surface area contributed by atoms with E-state index in [1.165, 1.54) is 0 Å². The van der Waals surface area contributed by atoms with Gasteiger partial charge in [0.1, 0.15) is 0 Å². The van der Waals surface area contributed by atoms with Gasteiger partial charge in [-0.25, -0.2) is 0 Å². The Morgan fingerprint density at radius 1 is 1.00 bits per heavy atom. The van der Waals surface area contributed by atoms with E-state index in [1.54, 1.807) is 11.9 Å². The van der Waals surface area contributed by atoms with Gasteiger partial charge in [-0.05, 0) is 44.4 Å². The second-order valence-electron chi connectivity index (χ2n) is 8.32. The van der Waals surface area contributed by atoms with Crippen LogP contribution in [0.3, 0.4) is 0 Å². The van der Waals surface area contributed by atoms with Gasteiger partial charge in [0.25, 0.3) is 0 Å². The molecule has 2 bridgehead atoms. The lowest BCUT2D eigenvalue weighted by atomic mass is 9.76. The lowest BCUT2D eigenvalue weighted by molar-refractivity contribution is -0.145. The smallest absolute Gasteiger partial charge is 0.311 e. The first-order chi connectivity index (χ1) is 13.0. The van der Waals surface area contributed by atoms with Gasteiger partial charge in [0.2, 0.25) is 0 Å². The Bertz CT molecular complexity index is 563. The monoisotopic (exact) mass is 380 g/mol. The average molecular weight is 380 g/mol. The molecule has 2 aliphatic heterocycles. The van der Waals surface area contributed by atoms with Crippen LogP contribution in [0.5, 0.6) is 0 Å². The number of nitrogens with zero attached hydrogens (tertiary/aromatic N) is 1. The molecular weight excluding hydrogens is 348 g/mol. The molecule has 1 aliphatic carbocycles. The van der Waals surface area contributed by atoms with Crippen molar-refractivity contribution in [2.45, 2.75) is 82.5 Å². The van der Waals surface area contributed by atoms with E-state index in [0.29, 0.717) is 12.5 Å². The van der Waals surface area contributed by atoms with Gasteiger partial charge in [-0.2, -0.15) is 0 Å². The first-order valence-electron chi connectivity index (χ1n) is 10.4. The summed E-state index contributed by atoms with van der Waals surface area (Å²) in [7, 11) is 1.70. The first kappa shape index (κ1) is 20.1. The number of fused-ring (bicyclic) bond motifs is 2. The van der Waals surface area contributed by atoms with Crippen LogP contribution in [0.1, 0.15) is 64.2 Å². The van der Waals surface area contributed by atoms with E-state index < -0.39 is 17.8 Å². The fourth-order valence-electron chi connectivity index (χ4n) is 4.64. The zero-order valence-corrected chi connectivity index (χ0v) is 16.2. The Balaban J connectivity index is 1.40. The molecule has 27 heavy (non-hydrogen) atoms. The van der Waals surface area contributed by atoms with E-state index in [4.69, 9.17) is 9.84 Å². The molecule has 3 aliphatic rings. The van der Waals surface area contributed by atoms with E-state index in [-0.39, 0.29) is 30.6 Å². The minimum atomic E-state index is -0.728. The van der Waals surface area contributed by atoms with Crippen molar-refractivity contribution < 1.29 is 24.2 Å². The largest absolute Gasteiger partial charge is 0.481 e. The number of hydrogen-bond acceptors (Lipinski definition) is 4. The Kier molecular flexibility index (Phi) is 6.73. The van der Waals surface area contributed by atoms with Crippen LogP contribution in [0, 0.1) is 11.8 Å². The molecule has 3 rings (SSSR count). The van der Waals surface area contributed by atoms with Gasteiger partial charge in [0, 0.05) is 32.0 Å². The number of carbonyl (C=O) groups is 3.